The molecule has 0 saturated carbocycles. The number of amides is 3. The second kappa shape index (κ2) is 15.8. The lowest BCUT2D eigenvalue weighted by Gasteiger charge is -2.30. The van der Waals surface area contributed by atoms with Gasteiger partial charge in [-0.15, -0.1) is 0 Å². The fraction of sp³-hybridized carbons (Fsp3) is 0.667. The predicted molar refractivity (Wildman–Crippen MR) is 132 cm³/mol. The molecule has 1 saturated heterocycles. The average Bonchev–Trinajstić information content (AvgIpc) is 2.81. The van der Waals surface area contributed by atoms with Crippen molar-refractivity contribution in [1.82, 2.24) is 20.9 Å². The first kappa shape index (κ1) is 28.2. The molecule has 192 valence electrons. The maximum Gasteiger partial charge on any atom is 0.404 e. The molecular weight excluding hydrogens is 460 g/mol. The van der Waals surface area contributed by atoms with Crippen molar-refractivity contribution in [2.75, 3.05) is 53.0 Å². The molecule has 0 spiro atoms. The van der Waals surface area contributed by atoms with Gasteiger partial charge in [0.05, 0.1) is 12.7 Å². The minimum atomic E-state index is -1.09. The van der Waals surface area contributed by atoms with Crippen LogP contribution in [0.4, 0.5) is 9.59 Å². The van der Waals surface area contributed by atoms with Crippen LogP contribution in [0.15, 0.2) is 24.3 Å². The zero-order valence-electron chi connectivity index (χ0n) is 20.2. The molecule has 0 aromatic heterocycles. The predicted octanol–water partition coefficient (Wildman–Crippen LogP) is 3.49. The van der Waals surface area contributed by atoms with Gasteiger partial charge in [0, 0.05) is 50.5 Å². The monoisotopic (exact) mass is 498 g/mol. The van der Waals surface area contributed by atoms with Crippen molar-refractivity contribution < 1.29 is 24.2 Å². The van der Waals surface area contributed by atoms with Gasteiger partial charge in [0.1, 0.15) is 0 Å². The van der Waals surface area contributed by atoms with Gasteiger partial charge in [0.2, 0.25) is 0 Å². The molecule has 2 unspecified atom stereocenters. The summed E-state index contributed by atoms with van der Waals surface area (Å²) in [5.74, 6) is 0.461. The third kappa shape index (κ3) is 10.5. The molecule has 34 heavy (non-hydrogen) atoms. The Hall–Kier alpha value is -2.07. The zero-order chi connectivity index (χ0) is 24.8. The fourth-order valence-electron chi connectivity index (χ4n) is 4.19. The first-order valence-electron chi connectivity index (χ1n) is 12.0. The van der Waals surface area contributed by atoms with Crippen LogP contribution in [0, 0.1) is 5.92 Å². The molecule has 1 fully saturated rings. The number of hydrogen-bond acceptors (Lipinski definition) is 5. The first-order chi connectivity index (χ1) is 16.4. The highest BCUT2D eigenvalue weighted by molar-refractivity contribution is 6.30. The number of carbonyl (C=O) groups is 2. The van der Waals surface area contributed by atoms with Crippen LogP contribution in [0.3, 0.4) is 0 Å². The molecule has 10 heteroatoms. The average molecular weight is 499 g/mol. The Balaban J connectivity index is 1.95. The number of ether oxygens (including phenoxy) is 2. The van der Waals surface area contributed by atoms with E-state index in [0.29, 0.717) is 37.0 Å². The lowest BCUT2D eigenvalue weighted by molar-refractivity contribution is 0.0424. The van der Waals surface area contributed by atoms with Crippen molar-refractivity contribution >= 4 is 23.7 Å². The SMILES string of the molecule is CCN(CCC(OCCNC(=O)O)c1cccc(Cl)c1)C(=O)NC(CNC)C[C@H]1CCCOC1. The van der Waals surface area contributed by atoms with Crippen LogP contribution < -0.4 is 16.0 Å². The number of benzene rings is 1. The summed E-state index contributed by atoms with van der Waals surface area (Å²) in [4.78, 5) is 25.5. The summed E-state index contributed by atoms with van der Waals surface area (Å²) in [5.41, 5.74) is 0.893. The summed E-state index contributed by atoms with van der Waals surface area (Å²) in [5, 5.41) is 18.0. The molecule has 3 atom stereocenters. The molecule has 1 aliphatic rings. The van der Waals surface area contributed by atoms with Crippen molar-refractivity contribution in [3.8, 4) is 0 Å². The normalized spacial score (nSPS) is 17.6. The van der Waals surface area contributed by atoms with Crippen molar-refractivity contribution in [3.05, 3.63) is 34.9 Å². The number of nitrogens with one attached hydrogen (secondary N) is 3. The molecular formula is C24H39ClN4O5. The van der Waals surface area contributed by atoms with E-state index in [1.54, 1.807) is 11.0 Å². The van der Waals surface area contributed by atoms with Gasteiger partial charge in [-0.3, -0.25) is 0 Å². The lowest BCUT2D eigenvalue weighted by Crippen LogP contribution is -2.49. The van der Waals surface area contributed by atoms with Gasteiger partial charge < -0.3 is 35.4 Å². The molecule has 1 aliphatic heterocycles. The summed E-state index contributed by atoms with van der Waals surface area (Å²) in [7, 11) is 1.89. The number of likely N-dealkylation sites (N-methyl/N-ethyl adjacent to an activating group) is 1. The van der Waals surface area contributed by atoms with Crippen LogP contribution in [-0.2, 0) is 9.47 Å². The highest BCUT2D eigenvalue weighted by atomic mass is 35.5. The quantitative estimate of drug-likeness (QED) is 0.292. The number of nitrogens with zero attached hydrogens (tertiary/aromatic N) is 1. The van der Waals surface area contributed by atoms with Crippen molar-refractivity contribution in [1.29, 1.82) is 0 Å². The van der Waals surface area contributed by atoms with E-state index < -0.39 is 6.09 Å². The van der Waals surface area contributed by atoms with Crippen LogP contribution in [-0.4, -0.2) is 81.2 Å². The maximum atomic E-state index is 13.1. The third-order valence-corrected chi connectivity index (χ3v) is 6.13. The fourth-order valence-corrected chi connectivity index (χ4v) is 4.39. The van der Waals surface area contributed by atoms with E-state index in [0.717, 1.165) is 38.0 Å². The van der Waals surface area contributed by atoms with Gasteiger partial charge >= 0.3 is 12.1 Å². The standard InChI is InChI=1S/C24H39ClN4O5/c1-3-29(23(30)28-21(16-26-2)14-18-6-5-12-33-17-18)11-9-22(34-13-10-27-24(31)32)19-7-4-8-20(25)15-19/h4,7-8,15,18,21-22,26-27H,3,5-6,9-14,16-17H2,1-2H3,(H,28,30)(H,31,32)/t18-,21?,22?/m1/s1. The van der Waals surface area contributed by atoms with E-state index in [9.17, 15) is 9.59 Å². The van der Waals surface area contributed by atoms with Crippen molar-refractivity contribution in [2.45, 2.75) is 44.8 Å². The Labute approximate surface area is 207 Å². The number of hydrogen-bond donors (Lipinski definition) is 4. The third-order valence-electron chi connectivity index (χ3n) is 5.90. The van der Waals surface area contributed by atoms with Gasteiger partial charge in [0.25, 0.3) is 0 Å². The molecule has 0 aliphatic carbocycles. The number of carboxylic acid groups (broad SMARTS) is 1. The number of urea groups is 1. The second-order valence-corrected chi connectivity index (χ2v) is 8.97. The number of rotatable bonds is 14. The molecule has 3 amide bonds. The van der Waals surface area contributed by atoms with Crippen molar-refractivity contribution in [2.24, 2.45) is 5.92 Å². The molecule has 0 bridgehead atoms. The van der Waals surface area contributed by atoms with Crippen LogP contribution in [0.2, 0.25) is 5.02 Å². The second-order valence-electron chi connectivity index (χ2n) is 8.54. The highest BCUT2D eigenvalue weighted by Gasteiger charge is 2.23. The Bertz CT molecular complexity index is 748. The Morgan fingerprint density at radius 1 is 1.38 bits per heavy atom. The topological polar surface area (TPSA) is 112 Å². The van der Waals surface area contributed by atoms with Gasteiger partial charge in [-0.05, 0) is 63.3 Å². The molecule has 1 heterocycles. The molecule has 1 aromatic rings. The van der Waals surface area contributed by atoms with Crippen LogP contribution in [0.25, 0.3) is 0 Å². The molecule has 1 aromatic carbocycles. The van der Waals surface area contributed by atoms with E-state index in [4.69, 9.17) is 26.2 Å². The summed E-state index contributed by atoms with van der Waals surface area (Å²) in [6, 6.07) is 7.33. The van der Waals surface area contributed by atoms with E-state index in [1.165, 1.54) is 0 Å². The molecule has 2 rings (SSSR count). The van der Waals surface area contributed by atoms with Gasteiger partial charge in [0.15, 0.2) is 0 Å². The minimum Gasteiger partial charge on any atom is -0.465 e. The summed E-state index contributed by atoms with van der Waals surface area (Å²) in [6.45, 7) is 5.68. The van der Waals surface area contributed by atoms with E-state index >= 15 is 0 Å². The zero-order valence-corrected chi connectivity index (χ0v) is 21.0. The number of halogens is 1. The summed E-state index contributed by atoms with van der Waals surface area (Å²) >= 11 is 6.16. The smallest absolute Gasteiger partial charge is 0.404 e. The van der Waals surface area contributed by atoms with Gasteiger partial charge in [-0.1, -0.05) is 23.7 Å². The summed E-state index contributed by atoms with van der Waals surface area (Å²) in [6.07, 6.45) is 2.23. The van der Waals surface area contributed by atoms with Gasteiger partial charge in [-0.25, -0.2) is 9.59 Å². The summed E-state index contributed by atoms with van der Waals surface area (Å²) < 4.78 is 11.6. The Morgan fingerprint density at radius 3 is 2.85 bits per heavy atom. The minimum absolute atomic E-state index is 0.0281. The van der Waals surface area contributed by atoms with Crippen molar-refractivity contribution in [3.63, 3.8) is 0 Å². The molecule has 0 radical (unpaired) electrons. The maximum absolute atomic E-state index is 13.1. The van der Waals surface area contributed by atoms with Crippen LogP contribution in [0.1, 0.15) is 44.3 Å². The van der Waals surface area contributed by atoms with E-state index in [1.807, 2.05) is 32.2 Å². The molecule has 9 nitrogen and oxygen atoms in total. The Kier molecular flexibility index (Phi) is 13.1. The molecule has 4 N–H and O–H groups in total. The van der Waals surface area contributed by atoms with E-state index in [-0.39, 0.29) is 31.3 Å². The Morgan fingerprint density at radius 2 is 2.21 bits per heavy atom. The largest absolute Gasteiger partial charge is 0.465 e. The van der Waals surface area contributed by atoms with Gasteiger partial charge in [-0.2, -0.15) is 0 Å². The highest BCUT2D eigenvalue weighted by Crippen LogP contribution is 2.24. The van der Waals surface area contributed by atoms with E-state index in [2.05, 4.69) is 16.0 Å². The number of carbonyl (C=O) groups excluding carboxylic acids is 1. The first-order valence-corrected chi connectivity index (χ1v) is 12.4. The van der Waals surface area contributed by atoms with Crippen LogP contribution in [0.5, 0.6) is 0 Å². The van der Waals surface area contributed by atoms with Crippen LogP contribution >= 0.6 is 11.6 Å². The lowest BCUT2D eigenvalue weighted by atomic mass is 9.94.